The molecule has 0 spiro atoms. The number of hydrogen-bond donors (Lipinski definition) is 3. The van der Waals surface area contributed by atoms with E-state index in [-0.39, 0.29) is 30.2 Å². The molecule has 1 aromatic carbocycles. The van der Waals surface area contributed by atoms with E-state index in [2.05, 4.69) is 5.00 Å². The Labute approximate surface area is 170 Å². The summed E-state index contributed by atoms with van der Waals surface area (Å²) in [5.74, 6) is -1.89. The molecule has 1 fully saturated rings. The van der Waals surface area contributed by atoms with Crippen LogP contribution in [0.15, 0.2) is 35.5 Å². The van der Waals surface area contributed by atoms with Gasteiger partial charge in [-0.15, -0.1) is 0 Å². The smallest absolute Gasteiger partial charge is 0.358 e. The van der Waals surface area contributed by atoms with Gasteiger partial charge in [0.1, 0.15) is 27.0 Å². The molecule has 2 radical (unpaired) electrons. The number of nitrogens with one attached hydrogen (secondary N) is 1. The molecule has 0 aromatic heterocycles. The zero-order valence-corrected chi connectivity index (χ0v) is 16.9. The van der Waals surface area contributed by atoms with Crippen LogP contribution in [0.25, 0.3) is 0 Å². The zero-order valence-electron chi connectivity index (χ0n) is 15.9. The van der Waals surface area contributed by atoms with Crippen LogP contribution in [-0.4, -0.2) is 54.5 Å². The number of nitrogens with zero attached hydrogens (tertiary/aromatic N) is 1. The fraction of sp³-hybridized carbons (Fsp3) is 0.389. The number of amides is 2. The van der Waals surface area contributed by atoms with Gasteiger partial charge in [-0.2, -0.15) is 0 Å². The van der Waals surface area contributed by atoms with Gasteiger partial charge >= 0.3 is 5.97 Å². The number of carbonyl (C=O) groups is 3. The molecule has 1 saturated heterocycles. The van der Waals surface area contributed by atoms with Gasteiger partial charge in [0, 0.05) is 17.1 Å². The van der Waals surface area contributed by atoms with E-state index in [1.165, 1.54) is 17.0 Å². The minimum absolute atomic E-state index is 0.0352. The zero-order chi connectivity index (χ0) is 21.3. The monoisotopic (exact) mass is 417 g/mol. The third kappa shape index (κ3) is 3.88. The van der Waals surface area contributed by atoms with Gasteiger partial charge in [0.05, 0.1) is 18.1 Å². The van der Waals surface area contributed by atoms with Crippen LogP contribution in [0, 0.1) is 11.8 Å². The van der Waals surface area contributed by atoms with Crippen molar-refractivity contribution >= 4 is 34.7 Å². The lowest BCUT2D eigenvalue weighted by Crippen LogP contribution is -2.63. The Bertz CT molecular complexity index is 860. The molecule has 5 atom stereocenters. The number of β-lactam (4-membered cyclic amide) rings is 1. The molecule has 152 valence electrons. The van der Waals surface area contributed by atoms with Crippen molar-refractivity contribution in [3.63, 3.8) is 0 Å². The molecule has 29 heavy (non-hydrogen) atoms. The number of hydrogen-bond acceptors (Lipinski definition) is 7. The van der Waals surface area contributed by atoms with Gasteiger partial charge in [0.2, 0.25) is 11.8 Å². The first kappa shape index (κ1) is 21.3. The average Bonchev–Trinajstić information content (AvgIpc) is 2.92. The molecule has 11 heteroatoms. The lowest BCUT2D eigenvalue weighted by Gasteiger charge is -2.46. The van der Waals surface area contributed by atoms with E-state index in [1.807, 2.05) is 6.92 Å². The minimum Gasteiger partial charge on any atom is -0.489 e. The second-order valence-corrected chi connectivity index (χ2v) is 7.64. The van der Waals surface area contributed by atoms with Gasteiger partial charge in [-0.1, -0.05) is 6.92 Å². The highest BCUT2D eigenvalue weighted by Gasteiger charge is 2.60. The molecule has 3 rings (SSSR count). The second-order valence-electron chi connectivity index (χ2n) is 6.94. The number of aliphatic hydroxyl groups is 1. The average molecular weight is 417 g/mol. The van der Waals surface area contributed by atoms with Crippen molar-refractivity contribution in [2.75, 3.05) is 6.61 Å². The number of ether oxygens (including phenoxy) is 1. The number of benzene rings is 1. The van der Waals surface area contributed by atoms with Crippen LogP contribution in [0.1, 0.15) is 24.2 Å². The van der Waals surface area contributed by atoms with E-state index in [1.54, 1.807) is 19.1 Å². The van der Waals surface area contributed by atoms with Crippen molar-refractivity contribution < 1.29 is 28.8 Å². The van der Waals surface area contributed by atoms with E-state index in [9.17, 15) is 19.5 Å². The predicted molar refractivity (Wildman–Crippen MR) is 106 cm³/mol. The van der Waals surface area contributed by atoms with E-state index in [4.69, 9.17) is 23.0 Å². The van der Waals surface area contributed by atoms with Crippen molar-refractivity contribution in [2.24, 2.45) is 17.6 Å². The Morgan fingerprint density at radius 2 is 2.03 bits per heavy atom. The summed E-state index contributed by atoms with van der Waals surface area (Å²) in [6, 6.07) is 5.92. The fourth-order valence-corrected chi connectivity index (χ4v) is 4.07. The summed E-state index contributed by atoms with van der Waals surface area (Å²) < 4.78 is 10.9. The maximum Gasteiger partial charge on any atom is 0.358 e. The van der Waals surface area contributed by atoms with Gasteiger partial charge in [-0.3, -0.25) is 9.59 Å². The van der Waals surface area contributed by atoms with Crippen LogP contribution in [0.3, 0.4) is 0 Å². The quantitative estimate of drug-likeness (QED) is 0.308. The third-order valence-corrected chi connectivity index (χ3v) is 5.65. The van der Waals surface area contributed by atoms with Crippen LogP contribution in [0.2, 0.25) is 0 Å². The first-order valence-corrected chi connectivity index (χ1v) is 9.87. The highest BCUT2D eigenvalue weighted by Crippen LogP contribution is 2.47. The van der Waals surface area contributed by atoms with E-state index in [0.717, 1.165) is 0 Å². The first-order valence-electron chi connectivity index (χ1n) is 8.96. The van der Waals surface area contributed by atoms with Crippen molar-refractivity contribution in [3.05, 3.63) is 41.1 Å². The molecule has 4 N–H and O–H groups in total. The van der Waals surface area contributed by atoms with Crippen LogP contribution < -0.4 is 15.5 Å². The summed E-state index contributed by atoms with van der Waals surface area (Å²) in [7, 11) is 4.70. The number of primary amides is 1. The Morgan fingerprint density at radius 1 is 1.38 bits per heavy atom. The van der Waals surface area contributed by atoms with Crippen LogP contribution in [0.5, 0.6) is 5.75 Å². The van der Waals surface area contributed by atoms with Gasteiger partial charge in [0.15, 0.2) is 7.98 Å². The minimum atomic E-state index is -0.835. The molecule has 1 aromatic rings. The van der Waals surface area contributed by atoms with Gasteiger partial charge in [-0.05, 0) is 31.2 Å². The summed E-state index contributed by atoms with van der Waals surface area (Å²) in [5.41, 5.74) is 6.29. The van der Waals surface area contributed by atoms with Crippen LogP contribution in [-0.2, 0) is 14.1 Å². The number of carbonyl (C=O) groups excluding carboxylic acids is 3. The molecule has 2 aliphatic heterocycles. The molecule has 2 heterocycles. The summed E-state index contributed by atoms with van der Waals surface area (Å²) in [6.07, 6.45) is -0.835. The lowest BCUT2D eigenvalue weighted by molar-refractivity contribution is -0.162. The van der Waals surface area contributed by atoms with Crippen molar-refractivity contribution in [1.82, 2.24) is 9.90 Å². The maximum absolute atomic E-state index is 12.6. The summed E-state index contributed by atoms with van der Waals surface area (Å²) in [5, 5.41) is 9.96. The largest absolute Gasteiger partial charge is 0.489 e. The van der Waals surface area contributed by atoms with Crippen molar-refractivity contribution in [2.45, 2.75) is 26.0 Å². The predicted octanol–water partition coefficient (Wildman–Crippen LogP) is 0.000700. The Kier molecular flexibility index (Phi) is 6.26. The Morgan fingerprint density at radius 3 is 2.59 bits per heavy atom. The number of fused-ring (bicyclic) bond motifs is 1. The summed E-state index contributed by atoms with van der Waals surface area (Å²) in [4.78, 5) is 39.9. The van der Waals surface area contributed by atoms with Crippen LogP contribution in [0.4, 0.5) is 0 Å². The molecule has 0 bridgehead atoms. The fourth-order valence-electron chi connectivity index (χ4n) is 3.82. The van der Waals surface area contributed by atoms with Gasteiger partial charge in [-0.25, -0.2) is 4.79 Å². The van der Waals surface area contributed by atoms with E-state index < -0.39 is 32.9 Å². The van der Waals surface area contributed by atoms with Crippen molar-refractivity contribution in [3.8, 4) is 5.75 Å². The molecule has 9 nitrogen and oxygen atoms in total. The SMILES string of the molecule is [B]NPOC(=O)C1=C(COc2ccc(C(N)=O)cc2)[C@H](C)[C@@H]2[C@@H]([C@@H](C)O)C(=O)N12. The summed E-state index contributed by atoms with van der Waals surface area (Å²) >= 11 is 0. The number of aliphatic hydroxyl groups excluding tert-OH is 1. The van der Waals surface area contributed by atoms with E-state index in [0.29, 0.717) is 16.9 Å². The third-order valence-electron chi connectivity index (χ3n) is 5.24. The molecular weight excluding hydrogens is 396 g/mol. The summed E-state index contributed by atoms with van der Waals surface area (Å²) in [6.45, 7) is 3.46. The highest BCUT2D eigenvalue weighted by molar-refractivity contribution is 7.32. The number of rotatable bonds is 8. The molecule has 2 amide bonds. The standard InChI is InChI=1S/C18H21BN3O6P/c1-8-12(7-27-11-5-3-10(4-6-11)16(20)24)15(18(26)28-29-21-19)22-14(8)13(9(2)23)17(22)25/h3-6,8-9,13-14,21,23,29H,7H2,1-2H3,(H2,20,24)/t8-,9+,13+,14+/m0/s1. The molecular formula is C18H21BN3O6P. The molecule has 0 aliphatic carbocycles. The van der Waals surface area contributed by atoms with Gasteiger partial charge in [0.25, 0.3) is 0 Å². The second kappa shape index (κ2) is 8.53. The number of nitrogens with two attached hydrogens (primary N) is 1. The van der Waals surface area contributed by atoms with Crippen LogP contribution >= 0.6 is 8.96 Å². The lowest BCUT2D eigenvalue weighted by atomic mass is 9.78. The normalized spacial score (nSPS) is 24.4. The maximum atomic E-state index is 12.6. The molecule has 1 unspecified atom stereocenters. The highest BCUT2D eigenvalue weighted by atomic mass is 31.1. The van der Waals surface area contributed by atoms with Gasteiger partial charge < -0.3 is 30.0 Å². The Balaban J connectivity index is 1.84. The van der Waals surface area contributed by atoms with E-state index >= 15 is 0 Å². The molecule has 2 aliphatic rings. The Hall–Kier alpha value is -2.42. The topological polar surface area (TPSA) is 131 Å². The molecule has 0 saturated carbocycles. The first-order chi connectivity index (χ1) is 13.8. The van der Waals surface area contributed by atoms with Crippen molar-refractivity contribution in [1.29, 1.82) is 0 Å².